The second-order valence-electron chi connectivity index (χ2n) is 6.21. The van der Waals surface area contributed by atoms with Crippen LogP contribution in [0.2, 0.25) is 0 Å². The normalized spacial score (nSPS) is 16.9. The average molecular weight is 376 g/mol. The Bertz CT molecular complexity index is 769. The zero-order chi connectivity index (χ0) is 20.0. The van der Waals surface area contributed by atoms with E-state index in [1.54, 1.807) is 13.1 Å². The Morgan fingerprint density at radius 3 is 2.44 bits per heavy atom. The molecule has 0 aliphatic carbocycles. The highest BCUT2D eigenvalue weighted by Crippen LogP contribution is 2.25. The van der Waals surface area contributed by atoms with E-state index in [9.17, 15) is 18.4 Å². The van der Waals surface area contributed by atoms with E-state index in [1.165, 1.54) is 0 Å². The number of hydrogen-bond donors (Lipinski definition) is 2. The lowest BCUT2D eigenvalue weighted by Crippen LogP contribution is -2.61. The summed E-state index contributed by atoms with van der Waals surface area (Å²) in [6, 6.07) is 10.4. The van der Waals surface area contributed by atoms with Crippen molar-refractivity contribution >= 4 is 17.8 Å². The first-order chi connectivity index (χ1) is 12.8. The van der Waals surface area contributed by atoms with Gasteiger partial charge in [-0.25, -0.2) is 18.6 Å². The first kappa shape index (κ1) is 20.3. The zero-order valence-corrected chi connectivity index (χ0v) is 15.1. The number of alkyl halides is 2. The molecule has 2 atom stereocenters. The summed E-state index contributed by atoms with van der Waals surface area (Å²) >= 11 is 0. The van der Waals surface area contributed by atoms with Crippen LogP contribution in [-0.4, -0.2) is 34.3 Å². The SMILES string of the molecule is CC(NC(=O)N1C(=O)CC1C(F)F)c1ccccc1.Cc1ccnc(N)c1. The number of aromatic nitrogens is 1. The Balaban J connectivity index is 0.000000273. The first-order valence-corrected chi connectivity index (χ1v) is 8.43. The van der Waals surface area contributed by atoms with Gasteiger partial charge in [-0.2, -0.15) is 0 Å². The smallest absolute Gasteiger partial charge is 0.325 e. The van der Waals surface area contributed by atoms with Crippen LogP contribution in [0.5, 0.6) is 0 Å². The van der Waals surface area contributed by atoms with Crippen molar-refractivity contribution in [2.45, 2.75) is 38.8 Å². The molecule has 3 amide bonds. The maximum atomic E-state index is 12.6. The lowest BCUT2D eigenvalue weighted by atomic mass is 10.0. The lowest BCUT2D eigenvalue weighted by Gasteiger charge is -2.38. The molecule has 1 aliphatic rings. The second-order valence-corrected chi connectivity index (χ2v) is 6.21. The van der Waals surface area contributed by atoms with Crippen molar-refractivity contribution in [1.82, 2.24) is 15.2 Å². The van der Waals surface area contributed by atoms with Gasteiger partial charge in [0.05, 0.1) is 12.5 Å². The van der Waals surface area contributed by atoms with Gasteiger partial charge < -0.3 is 11.1 Å². The highest BCUT2D eigenvalue weighted by molar-refractivity contribution is 5.99. The number of hydrogen-bond acceptors (Lipinski definition) is 4. The first-order valence-electron chi connectivity index (χ1n) is 8.43. The fourth-order valence-corrected chi connectivity index (χ4v) is 2.55. The topological polar surface area (TPSA) is 88.3 Å². The highest BCUT2D eigenvalue weighted by Gasteiger charge is 2.46. The number of carbonyl (C=O) groups excluding carboxylic acids is 2. The number of nitrogens with zero attached hydrogens (tertiary/aromatic N) is 2. The Morgan fingerprint density at radius 2 is 1.96 bits per heavy atom. The molecule has 0 spiro atoms. The molecule has 2 unspecified atom stereocenters. The number of rotatable bonds is 3. The number of urea groups is 1. The molecule has 2 heterocycles. The van der Waals surface area contributed by atoms with E-state index in [0.717, 1.165) is 11.1 Å². The fraction of sp³-hybridized carbons (Fsp3) is 0.316. The number of carbonyl (C=O) groups is 2. The predicted octanol–water partition coefficient (Wildman–Crippen LogP) is 3.30. The molecule has 144 valence electrons. The molecule has 3 N–H and O–H groups in total. The van der Waals surface area contributed by atoms with Gasteiger partial charge in [0, 0.05) is 6.20 Å². The number of anilines is 1. The van der Waals surface area contributed by atoms with Crippen LogP contribution in [0.3, 0.4) is 0 Å². The number of halogens is 2. The van der Waals surface area contributed by atoms with Crippen LogP contribution in [0.15, 0.2) is 48.7 Å². The van der Waals surface area contributed by atoms with Gasteiger partial charge in [-0.1, -0.05) is 30.3 Å². The Labute approximate surface area is 156 Å². The van der Waals surface area contributed by atoms with Gasteiger partial charge in [-0.05, 0) is 37.1 Å². The highest BCUT2D eigenvalue weighted by atomic mass is 19.3. The lowest BCUT2D eigenvalue weighted by molar-refractivity contribution is -0.147. The summed E-state index contributed by atoms with van der Waals surface area (Å²) in [6.45, 7) is 3.72. The molecule has 6 nitrogen and oxygen atoms in total. The molecule has 3 rings (SSSR count). The van der Waals surface area contributed by atoms with E-state index in [0.29, 0.717) is 10.7 Å². The van der Waals surface area contributed by atoms with Gasteiger partial charge in [0.25, 0.3) is 6.43 Å². The summed E-state index contributed by atoms with van der Waals surface area (Å²) in [5, 5.41) is 2.55. The Hall–Kier alpha value is -3.03. The molecule has 1 saturated heterocycles. The van der Waals surface area contributed by atoms with Crippen LogP contribution < -0.4 is 11.1 Å². The van der Waals surface area contributed by atoms with Gasteiger partial charge in [0.15, 0.2) is 0 Å². The largest absolute Gasteiger partial charge is 0.384 e. The molecule has 0 bridgehead atoms. The second kappa shape index (κ2) is 9.07. The van der Waals surface area contributed by atoms with Crippen molar-refractivity contribution in [2.75, 3.05) is 5.73 Å². The quantitative estimate of drug-likeness (QED) is 0.805. The van der Waals surface area contributed by atoms with Crippen molar-refractivity contribution in [3.8, 4) is 0 Å². The Morgan fingerprint density at radius 1 is 1.30 bits per heavy atom. The predicted molar refractivity (Wildman–Crippen MR) is 98.0 cm³/mol. The van der Waals surface area contributed by atoms with Crippen molar-refractivity contribution in [1.29, 1.82) is 0 Å². The third kappa shape index (κ3) is 5.47. The third-order valence-electron chi connectivity index (χ3n) is 4.07. The number of imide groups is 1. The number of likely N-dealkylation sites (tertiary alicyclic amines) is 1. The zero-order valence-electron chi connectivity index (χ0n) is 15.1. The van der Waals surface area contributed by atoms with Crippen LogP contribution in [0.25, 0.3) is 0 Å². The van der Waals surface area contributed by atoms with Gasteiger partial charge in [0.2, 0.25) is 5.91 Å². The Kier molecular flexibility index (Phi) is 6.81. The number of nitrogen functional groups attached to an aromatic ring is 1. The van der Waals surface area contributed by atoms with Crippen LogP contribution in [0, 0.1) is 6.92 Å². The van der Waals surface area contributed by atoms with E-state index < -0.39 is 24.4 Å². The monoisotopic (exact) mass is 376 g/mol. The van der Waals surface area contributed by atoms with E-state index in [4.69, 9.17) is 5.73 Å². The maximum absolute atomic E-state index is 12.6. The number of amides is 3. The number of pyridine rings is 1. The summed E-state index contributed by atoms with van der Waals surface area (Å²) in [5.41, 5.74) is 7.34. The molecule has 0 radical (unpaired) electrons. The van der Waals surface area contributed by atoms with E-state index in [2.05, 4.69) is 10.3 Å². The third-order valence-corrected chi connectivity index (χ3v) is 4.07. The summed E-state index contributed by atoms with van der Waals surface area (Å²) in [5.74, 6) is 0.0214. The number of nitrogens with two attached hydrogens (primary N) is 1. The average Bonchev–Trinajstić information content (AvgIpc) is 2.60. The summed E-state index contributed by atoms with van der Waals surface area (Å²) < 4.78 is 25.1. The molecule has 1 aromatic carbocycles. The van der Waals surface area contributed by atoms with Crippen molar-refractivity contribution in [2.24, 2.45) is 0 Å². The summed E-state index contributed by atoms with van der Waals surface area (Å²) in [6.07, 6.45) is -1.27. The number of aryl methyl sites for hydroxylation is 1. The molecule has 2 aromatic rings. The van der Waals surface area contributed by atoms with Gasteiger partial charge in [-0.15, -0.1) is 0 Å². The van der Waals surface area contributed by atoms with Crippen molar-refractivity contribution < 1.29 is 18.4 Å². The van der Waals surface area contributed by atoms with Crippen LogP contribution >= 0.6 is 0 Å². The molecular formula is C19H22F2N4O2. The van der Waals surface area contributed by atoms with Gasteiger partial charge >= 0.3 is 6.03 Å². The number of β-lactam (4-membered cyclic amide) rings is 1. The molecule has 8 heteroatoms. The van der Waals surface area contributed by atoms with E-state index >= 15 is 0 Å². The summed E-state index contributed by atoms with van der Waals surface area (Å²) in [7, 11) is 0. The number of nitrogens with one attached hydrogen (secondary N) is 1. The van der Waals surface area contributed by atoms with E-state index in [1.807, 2.05) is 49.4 Å². The minimum absolute atomic E-state index is 0.273. The molecule has 1 aromatic heterocycles. The number of benzene rings is 1. The maximum Gasteiger partial charge on any atom is 0.325 e. The minimum atomic E-state index is -2.70. The molecule has 1 aliphatic heterocycles. The minimum Gasteiger partial charge on any atom is -0.384 e. The fourth-order valence-electron chi connectivity index (χ4n) is 2.55. The van der Waals surface area contributed by atoms with Gasteiger partial charge in [0.1, 0.15) is 11.9 Å². The van der Waals surface area contributed by atoms with Gasteiger partial charge in [-0.3, -0.25) is 9.69 Å². The van der Waals surface area contributed by atoms with Crippen LogP contribution in [-0.2, 0) is 4.79 Å². The molecule has 1 fully saturated rings. The van der Waals surface area contributed by atoms with Crippen molar-refractivity contribution in [3.63, 3.8) is 0 Å². The van der Waals surface area contributed by atoms with Crippen LogP contribution in [0.1, 0.15) is 30.5 Å². The summed E-state index contributed by atoms with van der Waals surface area (Å²) in [4.78, 5) is 27.5. The van der Waals surface area contributed by atoms with E-state index in [-0.39, 0.29) is 12.5 Å². The van der Waals surface area contributed by atoms with Crippen LogP contribution in [0.4, 0.5) is 19.4 Å². The standard InChI is InChI=1S/C13H14F2N2O2.C6H8N2/c1-8(9-5-3-2-4-6-9)16-13(19)17-10(12(14)15)7-11(17)18;1-5-2-3-8-6(7)4-5/h2-6,8,10,12H,7H2,1H3,(H,16,19);2-4H,1H3,(H2,7,8). The molecule has 27 heavy (non-hydrogen) atoms. The molecule has 0 saturated carbocycles. The molecular weight excluding hydrogens is 354 g/mol. The van der Waals surface area contributed by atoms with Crippen molar-refractivity contribution in [3.05, 3.63) is 59.8 Å².